The molecule has 1 unspecified atom stereocenters. The van der Waals surface area contributed by atoms with E-state index in [0.29, 0.717) is 0 Å². The van der Waals surface area contributed by atoms with Gasteiger partial charge in [0.05, 0.1) is 12.6 Å². The normalized spacial score (nSPS) is 13.5. The van der Waals surface area contributed by atoms with Crippen LogP contribution in [-0.2, 0) is 25.7 Å². The molecule has 0 aliphatic carbocycles. The molecular weight excluding hydrogens is 298 g/mol. The van der Waals surface area contributed by atoms with Crippen molar-refractivity contribution < 1.29 is 27.8 Å². The third-order valence-electron chi connectivity index (χ3n) is 2.63. The van der Waals surface area contributed by atoms with Gasteiger partial charge in [-0.2, -0.15) is 8.78 Å². The van der Waals surface area contributed by atoms with Crippen molar-refractivity contribution in [1.29, 1.82) is 0 Å². The molecule has 0 saturated heterocycles. The molecule has 1 aromatic carbocycles. The quantitative estimate of drug-likeness (QED) is 0.692. The Morgan fingerprint density at radius 3 is 2.45 bits per heavy atom. The van der Waals surface area contributed by atoms with Gasteiger partial charge in [-0.15, -0.1) is 0 Å². The molecule has 8 heteroatoms. The Labute approximate surface area is 126 Å². The summed E-state index contributed by atoms with van der Waals surface area (Å²) in [7, 11) is 0. The molecule has 0 radical (unpaired) electrons. The second-order valence-corrected chi connectivity index (χ2v) is 4.54. The minimum Gasteiger partial charge on any atom is -0.459 e. The van der Waals surface area contributed by atoms with Crippen LogP contribution < -0.4 is 11.1 Å². The fourth-order valence-electron chi connectivity index (χ4n) is 1.47. The number of carbonyl (C=O) groups excluding carboxylic acids is 2. The summed E-state index contributed by atoms with van der Waals surface area (Å²) in [6, 6.07) is 6.55. The van der Waals surface area contributed by atoms with Gasteiger partial charge in [-0.1, -0.05) is 30.3 Å². The number of halogens is 2. The standard InChI is InChI=1S/C14H18F2N2O4/c1-9(17)12(19)18-11(8-22-14(15)16)13(20)21-7-10-5-3-2-4-6-10/h2-6,9,11,14H,7-8,17H2,1H3,(H,18,19)/t9?,11-/m0/s1. The van der Waals surface area contributed by atoms with Gasteiger partial charge in [0, 0.05) is 0 Å². The highest BCUT2D eigenvalue weighted by Gasteiger charge is 2.25. The van der Waals surface area contributed by atoms with E-state index in [1.54, 1.807) is 30.3 Å². The van der Waals surface area contributed by atoms with Crippen LogP contribution in [0.25, 0.3) is 0 Å². The van der Waals surface area contributed by atoms with Gasteiger partial charge >= 0.3 is 12.6 Å². The Hall–Kier alpha value is -2.06. The minimum absolute atomic E-state index is 0.0428. The molecule has 0 saturated carbocycles. The molecule has 3 N–H and O–H groups in total. The first-order valence-electron chi connectivity index (χ1n) is 6.56. The molecule has 0 aliphatic rings. The zero-order valence-electron chi connectivity index (χ0n) is 12.0. The number of ether oxygens (including phenoxy) is 2. The monoisotopic (exact) mass is 316 g/mol. The van der Waals surface area contributed by atoms with Gasteiger partial charge in [-0.05, 0) is 12.5 Å². The van der Waals surface area contributed by atoms with E-state index in [9.17, 15) is 18.4 Å². The van der Waals surface area contributed by atoms with Crippen LogP contribution in [0.5, 0.6) is 0 Å². The van der Waals surface area contributed by atoms with E-state index in [0.717, 1.165) is 5.56 Å². The van der Waals surface area contributed by atoms with Crippen molar-refractivity contribution in [2.24, 2.45) is 5.73 Å². The molecule has 1 amide bonds. The molecule has 0 bridgehead atoms. The lowest BCUT2D eigenvalue weighted by Gasteiger charge is -2.18. The molecule has 1 aromatic rings. The van der Waals surface area contributed by atoms with Crippen LogP contribution in [0.4, 0.5) is 8.78 Å². The second kappa shape index (κ2) is 9.06. The smallest absolute Gasteiger partial charge is 0.345 e. The maximum absolute atomic E-state index is 12.1. The first-order valence-corrected chi connectivity index (χ1v) is 6.56. The molecule has 0 aliphatic heterocycles. The van der Waals surface area contributed by atoms with Gasteiger partial charge in [0.1, 0.15) is 6.61 Å². The molecule has 6 nitrogen and oxygen atoms in total. The Morgan fingerprint density at radius 2 is 1.91 bits per heavy atom. The summed E-state index contributed by atoms with van der Waals surface area (Å²) in [5.74, 6) is -1.54. The van der Waals surface area contributed by atoms with Gasteiger partial charge in [0.15, 0.2) is 6.04 Å². The molecule has 0 fully saturated rings. The third kappa shape index (κ3) is 6.59. The van der Waals surface area contributed by atoms with E-state index >= 15 is 0 Å². The zero-order chi connectivity index (χ0) is 16.5. The summed E-state index contributed by atoms with van der Waals surface area (Å²) in [6.07, 6.45) is 0. The lowest BCUT2D eigenvalue weighted by Crippen LogP contribution is -2.50. The summed E-state index contributed by atoms with van der Waals surface area (Å²) in [5, 5.41) is 2.21. The maximum Gasteiger partial charge on any atom is 0.345 e. The van der Waals surface area contributed by atoms with Crippen molar-refractivity contribution in [2.45, 2.75) is 32.2 Å². The third-order valence-corrected chi connectivity index (χ3v) is 2.63. The summed E-state index contributed by atoms with van der Waals surface area (Å²) in [4.78, 5) is 23.4. The number of alkyl halides is 2. The van der Waals surface area contributed by atoms with Crippen LogP contribution in [0.3, 0.4) is 0 Å². The van der Waals surface area contributed by atoms with Crippen LogP contribution in [0.2, 0.25) is 0 Å². The van der Waals surface area contributed by atoms with Crippen molar-refractivity contribution in [3.8, 4) is 0 Å². The maximum atomic E-state index is 12.1. The van der Waals surface area contributed by atoms with E-state index in [1.807, 2.05) is 0 Å². The van der Waals surface area contributed by atoms with Crippen molar-refractivity contribution >= 4 is 11.9 Å². The average molecular weight is 316 g/mol. The van der Waals surface area contributed by atoms with E-state index in [4.69, 9.17) is 10.5 Å². The highest BCUT2D eigenvalue weighted by Crippen LogP contribution is 2.04. The van der Waals surface area contributed by atoms with E-state index in [-0.39, 0.29) is 6.61 Å². The van der Waals surface area contributed by atoms with Crippen molar-refractivity contribution in [2.75, 3.05) is 6.61 Å². The zero-order valence-corrected chi connectivity index (χ0v) is 12.0. The van der Waals surface area contributed by atoms with E-state index < -0.39 is 37.2 Å². The molecule has 122 valence electrons. The molecule has 0 aromatic heterocycles. The molecule has 1 rings (SSSR count). The number of esters is 1. The minimum atomic E-state index is -3.06. The van der Waals surface area contributed by atoms with Gasteiger partial charge < -0.3 is 20.5 Å². The molecular formula is C14H18F2N2O4. The highest BCUT2D eigenvalue weighted by molar-refractivity contribution is 5.87. The number of rotatable bonds is 8. The number of benzene rings is 1. The Kier molecular flexibility index (Phi) is 7.41. The number of amides is 1. The van der Waals surface area contributed by atoms with Crippen LogP contribution in [0.15, 0.2) is 30.3 Å². The van der Waals surface area contributed by atoms with Crippen LogP contribution in [-0.4, -0.2) is 37.2 Å². The molecule has 0 heterocycles. The van der Waals surface area contributed by atoms with E-state index in [2.05, 4.69) is 10.1 Å². The number of hydrogen-bond donors (Lipinski definition) is 2. The Bertz CT molecular complexity index is 483. The van der Waals surface area contributed by atoms with Gasteiger partial charge in [-0.3, -0.25) is 4.79 Å². The average Bonchev–Trinajstić information content (AvgIpc) is 2.49. The Balaban J connectivity index is 2.59. The van der Waals surface area contributed by atoms with Gasteiger partial charge in [-0.25, -0.2) is 4.79 Å². The summed E-state index contributed by atoms with van der Waals surface area (Å²) in [5.41, 5.74) is 6.08. The number of carbonyl (C=O) groups is 2. The Morgan fingerprint density at radius 1 is 1.27 bits per heavy atom. The SMILES string of the molecule is CC(N)C(=O)N[C@@H](COC(F)F)C(=O)OCc1ccccc1. The second-order valence-electron chi connectivity index (χ2n) is 4.54. The summed E-state index contributed by atoms with van der Waals surface area (Å²) in [6.45, 7) is -2.41. The number of nitrogens with one attached hydrogen (secondary N) is 1. The fraction of sp³-hybridized carbons (Fsp3) is 0.429. The molecule has 22 heavy (non-hydrogen) atoms. The van der Waals surface area contributed by atoms with Crippen molar-refractivity contribution in [1.82, 2.24) is 5.32 Å². The largest absolute Gasteiger partial charge is 0.459 e. The lowest BCUT2D eigenvalue weighted by molar-refractivity contribution is -0.161. The summed E-state index contributed by atoms with van der Waals surface area (Å²) >= 11 is 0. The van der Waals surface area contributed by atoms with Crippen LogP contribution >= 0.6 is 0 Å². The predicted molar refractivity (Wildman–Crippen MR) is 73.8 cm³/mol. The van der Waals surface area contributed by atoms with Crippen LogP contribution in [0.1, 0.15) is 12.5 Å². The van der Waals surface area contributed by atoms with Gasteiger partial charge in [0.2, 0.25) is 5.91 Å². The van der Waals surface area contributed by atoms with E-state index in [1.165, 1.54) is 6.92 Å². The number of nitrogens with two attached hydrogens (primary N) is 1. The van der Waals surface area contributed by atoms with Crippen molar-refractivity contribution in [3.05, 3.63) is 35.9 Å². The van der Waals surface area contributed by atoms with Gasteiger partial charge in [0.25, 0.3) is 0 Å². The predicted octanol–water partition coefficient (Wildman–Crippen LogP) is 0.801. The van der Waals surface area contributed by atoms with Crippen molar-refractivity contribution in [3.63, 3.8) is 0 Å². The summed E-state index contributed by atoms with van der Waals surface area (Å²) < 4.78 is 33.2. The number of hydrogen-bond acceptors (Lipinski definition) is 5. The lowest BCUT2D eigenvalue weighted by atomic mass is 10.2. The molecule has 0 spiro atoms. The van der Waals surface area contributed by atoms with Crippen LogP contribution in [0, 0.1) is 0 Å². The fourth-order valence-corrected chi connectivity index (χ4v) is 1.47. The first kappa shape index (κ1) is 18.0. The first-order chi connectivity index (χ1) is 10.4. The molecule has 2 atom stereocenters. The topological polar surface area (TPSA) is 90.7 Å². The highest BCUT2D eigenvalue weighted by atomic mass is 19.3.